The van der Waals surface area contributed by atoms with Crippen molar-refractivity contribution < 1.29 is 5.11 Å². The second-order valence-corrected chi connectivity index (χ2v) is 5.49. The average Bonchev–Trinajstić information content (AvgIpc) is 2.61. The number of benzene rings is 1. The fraction of sp³-hybridized carbons (Fsp3) is 0.500. The third-order valence-corrected chi connectivity index (χ3v) is 3.73. The highest BCUT2D eigenvalue weighted by Gasteiger charge is 2.28. The molecule has 0 bridgehead atoms. The van der Waals surface area contributed by atoms with Gasteiger partial charge in [-0.15, -0.1) is 12.4 Å². The first-order valence-electron chi connectivity index (χ1n) is 6.73. The van der Waals surface area contributed by atoms with Crippen molar-refractivity contribution in [1.82, 2.24) is 14.9 Å². The lowest BCUT2D eigenvalue weighted by Crippen LogP contribution is -2.39. The SMILES string of the molecule is Cl.[13CH3][13CH]([13CH3])N[C@H]1CCn2c(=O)[nH]c3cccc(c32)[C@@H]1O. The average molecular weight is 301 g/mol. The number of aromatic amines is 1. The molecule has 20 heavy (non-hydrogen) atoms. The number of nitrogens with zero attached hydrogens (tertiary/aromatic N) is 1. The number of nitrogens with one attached hydrogen (secondary N) is 2. The molecule has 110 valence electrons. The Morgan fingerprint density at radius 1 is 1.45 bits per heavy atom. The lowest BCUT2D eigenvalue weighted by atomic mass is 10.0. The van der Waals surface area contributed by atoms with E-state index in [1.165, 1.54) is 0 Å². The number of aryl methyl sites for hydroxylation is 1. The van der Waals surface area contributed by atoms with E-state index < -0.39 is 6.10 Å². The van der Waals surface area contributed by atoms with E-state index in [1.807, 2.05) is 18.2 Å². The molecule has 0 unspecified atom stereocenters. The topological polar surface area (TPSA) is 70.0 Å². The van der Waals surface area contributed by atoms with Crippen LogP contribution in [0.4, 0.5) is 0 Å². The number of hydrogen-bond acceptors (Lipinski definition) is 3. The largest absolute Gasteiger partial charge is 0.387 e. The molecular weight excluding hydrogens is 281 g/mol. The van der Waals surface area contributed by atoms with E-state index in [2.05, 4.69) is 24.1 Å². The molecule has 0 amide bonds. The van der Waals surface area contributed by atoms with E-state index in [9.17, 15) is 9.90 Å². The second-order valence-electron chi connectivity index (χ2n) is 5.49. The maximum atomic E-state index is 11.9. The van der Waals surface area contributed by atoms with Gasteiger partial charge in [-0.2, -0.15) is 0 Å². The number of para-hydroxylation sites is 1. The van der Waals surface area contributed by atoms with Gasteiger partial charge in [0.15, 0.2) is 0 Å². The van der Waals surface area contributed by atoms with Crippen molar-refractivity contribution in [2.45, 2.75) is 45.0 Å². The summed E-state index contributed by atoms with van der Waals surface area (Å²) < 4.78 is 1.73. The molecule has 0 saturated heterocycles. The van der Waals surface area contributed by atoms with Gasteiger partial charge in [0.25, 0.3) is 0 Å². The summed E-state index contributed by atoms with van der Waals surface area (Å²) >= 11 is 0. The fourth-order valence-corrected chi connectivity index (χ4v) is 2.95. The van der Waals surface area contributed by atoms with Crippen molar-refractivity contribution in [3.8, 4) is 0 Å². The van der Waals surface area contributed by atoms with Crippen molar-refractivity contribution in [1.29, 1.82) is 0 Å². The van der Waals surface area contributed by atoms with Crippen LogP contribution in [0.25, 0.3) is 11.0 Å². The predicted molar refractivity (Wildman–Crippen MR) is 81.4 cm³/mol. The minimum atomic E-state index is -0.588. The number of aliphatic hydroxyl groups excluding tert-OH is 1. The molecule has 2 aromatic rings. The van der Waals surface area contributed by atoms with E-state index in [1.54, 1.807) is 4.57 Å². The zero-order valence-electron chi connectivity index (χ0n) is 11.6. The first-order chi connectivity index (χ1) is 9.08. The fourth-order valence-electron chi connectivity index (χ4n) is 2.95. The summed E-state index contributed by atoms with van der Waals surface area (Å²) in [6.07, 6.45) is 0.149. The minimum Gasteiger partial charge on any atom is -0.387 e. The molecular formula is C14H20ClN3O2. The van der Waals surface area contributed by atoms with Gasteiger partial charge < -0.3 is 15.4 Å². The Morgan fingerprint density at radius 2 is 2.20 bits per heavy atom. The lowest BCUT2D eigenvalue weighted by molar-refractivity contribution is 0.121. The summed E-state index contributed by atoms with van der Waals surface area (Å²) in [6.45, 7) is 4.74. The van der Waals surface area contributed by atoms with Crippen LogP contribution < -0.4 is 11.0 Å². The van der Waals surface area contributed by atoms with E-state index in [0.29, 0.717) is 12.6 Å². The third-order valence-electron chi connectivity index (χ3n) is 3.73. The molecule has 6 heteroatoms. The van der Waals surface area contributed by atoms with Crippen LogP contribution in [0.1, 0.15) is 31.9 Å². The Morgan fingerprint density at radius 3 is 2.90 bits per heavy atom. The molecule has 3 N–H and O–H groups in total. The molecule has 0 spiro atoms. The van der Waals surface area contributed by atoms with Gasteiger partial charge in [0.1, 0.15) is 0 Å². The molecule has 0 radical (unpaired) electrons. The molecule has 5 nitrogen and oxygen atoms in total. The van der Waals surface area contributed by atoms with E-state index in [-0.39, 0.29) is 24.1 Å². The van der Waals surface area contributed by atoms with Gasteiger partial charge in [0, 0.05) is 24.2 Å². The molecule has 1 aliphatic heterocycles. The van der Waals surface area contributed by atoms with Gasteiger partial charge in [-0.25, -0.2) is 4.79 Å². The van der Waals surface area contributed by atoms with Crippen LogP contribution in [-0.4, -0.2) is 26.7 Å². The molecule has 3 rings (SSSR count). The first kappa shape index (κ1) is 15.1. The molecule has 2 heterocycles. The highest BCUT2D eigenvalue weighted by molar-refractivity contribution is 5.85. The van der Waals surface area contributed by atoms with Crippen LogP contribution in [0.15, 0.2) is 23.0 Å². The first-order valence-corrected chi connectivity index (χ1v) is 6.73. The molecule has 0 aliphatic carbocycles. The zero-order valence-corrected chi connectivity index (χ0v) is 12.4. The van der Waals surface area contributed by atoms with Crippen molar-refractivity contribution in [2.24, 2.45) is 0 Å². The Bertz CT molecular complexity index is 662. The summed E-state index contributed by atoms with van der Waals surface area (Å²) in [7, 11) is 0. The van der Waals surface area contributed by atoms with E-state index >= 15 is 0 Å². The smallest absolute Gasteiger partial charge is 0.326 e. The Hall–Kier alpha value is -1.30. The van der Waals surface area contributed by atoms with Crippen LogP contribution in [0.2, 0.25) is 0 Å². The lowest BCUT2D eigenvalue weighted by Gasteiger charge is -2.24. The van der Waals surface area contributed by atoms with Gasteiger partial charge in [-0.3, -0.25) is 4.57 Å². The van der Waals surface area contributed by atoms with Crippen LogP contribution >= 0.6 is 12.4 Å². The highest BCUT2D eigenvalue weighted by atomic mass is 35.5. The Kier molecular flexibility index (Phi) is 4.22. The summed E-state index contributed by atoms with van der Waals surface area (Å²) in [5, 5.41) is 14.0. The van der Waals surface area contributed by atoms with Gasteiger partial charge in [0.2, 0.25) is 0 Å². The van der Waals surface area contributed by atoms with Crippen LogP contribution in [0.5, 0.6) is 0 Å². The van der Waals surface area contributed by atoms with Crippen LogP contribution in [0.3, 0.4) is 0 Å². The summed E-state index contributed by atoms with van der Waals surface area (Å²) in [4.78, 5) is 14.8. The van der Waals surface area contributed by atoms with E-state index in [0.717, 1.165) is 23.0 Å². The molecule has 0 fully saturated rings. The summed E-state index contributed by atoms with van der Waals surface area (Å²) in [6, 6.07) is 5.93. The Labute approximate surface area is 123 Å². The van der Waals surface area contributed by atoms with Gasteiger partial charge in [-0.1, -0.05) is 26.0 Å². The number of hydrogen-bond donors (Lipinski definition) is 3. The summed E-state index contributed by atoms with van der Waals surface area (Å²) in [5.41, 5.74) is 2.37. The monoisotopic (exact) mass is 300 g/mol. The van der Waals surface area contributed by atoms with Gasteiger partial charge >= 0.3 is 5.69 Å². The number of rotatable bonds is 2. The minimum absolute atomic E-state index is 0. The molecule has 0 saturated carbocycles. The molecule has 2 atom stereocenters. The van der Waals surface area contributed by atoms with E-state index in [4.69, 9.17) is 0 Å². The zero-order chi connectivity index (χ0) is 13.6. The van der Waals surface area contributed by atoms with Gasteiger partial charge in [-0.05, 0) is 12.5 Å². The molecule has 1 aromatic heterocycles. The maximum Gasteiger partial charge on any atom is 0.326 e. The normalized spacial score (nSPS) is 21.8. The van der Waals surface area contributed by atoms with Crippen molar-refractivity contribution in [3.05, 3.63) is 34.2 Å². The number of aliphatic hydroxyl groups is 1. The number of aromatic nitrogens is 2. The third kappa shape index (κ3) is 2.37. The Balaban J connectivity index is 0.00000147. The van der Waals surface area contributed by atoms with Crippen molar-refractivity contribution >= 4 is 23.4 Å². The quantitative estimate of drug-likeness (QED) is 0.737. The number of H-pyrrole nitrogens is 1. The number of halogens is 1. The second kappa shape index (κ2) is 5.60. The van der Waals surface area contributed by atoms with Crippen LogP contribution in [0, 0.1) is 0 Å². The predicted octanol–water partition coefficient (Wildman–Crippen LogP) is 1.56. The van der Waals surface area contributed by atoms with Crippen LogP contribution in [-0.2, 0) is 6.54 Å². The van der Waals surface area contributed by atoms with Crippen molar-refractivity contribution in [2.75, 3.05) is 0 Å². The summed E-state index contributed by atoms with van der Waals surface area (Å²) in [5.74, 6) is 0. The number of imidazole rings is 1. The molecule has 1 aromatic carbocycles. The molecule has 1 aliphatic rings. The standard InChI is InChI=1S/C14H19N3O2.ClH/c1-8(2)15-11-6-7-17-12-9(13(11)18)4-3-5-10(12)16-14(17)19;/h3-5,8,11,13,15,18H,6-7H2,1-2H3,(H,16,19);1H/t11-,13-;/m0./s1/i1+1,2+1,8+1;. The van der Waals surface area contributed by atoms with Crippen molar-refractivity contribution in [3.63, 3.8) is 0 Å². The van der Waals surface area contributed by atoms with Gasteiger partial charge in [0.05, 0.1) is 17.1 Å². The maximum absolute atomic E-state index is 11.9. The highest BCUT2D eigenvalue weighted by Crippen LogP contribution is 2.29.